The van der Waals surface area contributed by atoms with Gasteiger partial charge in [0.1, 0.15) is 0 Å². The van der Waals surface area contributed by atoms with E-state index in [1.165, 1.54) is 19.4 Å². The molecule has 0 aromatic carbocycles. The molecule has 76 valence electrons. The van der Waals surface area contributed by atoms with Crippen molar-refractivity contribution in [2.24, 2.45) is 16.6 Å². The summed E-state index contributed by atoms with van der Waals surface area (Å²) in [4.78, 5) is 2.40. The summed E-state index contributed by atoms with van der Waals surface area (Å²) in [6, 6.07) is 0. The number of hydrogen-bond acceptors (Lipinski definition) is 2. The molecule has 1 aliphatic carbocycles. The molecule has 0 amide bonds. The highest BCUT2D eigenvalue weighted by Crippen LogP contribution is 2.59. The van der Waals surface area contributed by atoms with Crippen LogP contribution in [0.2, 0.25) is 0 Å². The van der Waals surface area contributed by atoms with Crippen LogP contribution in [0.3, 0.4) is 0 Å². The lowest BCUT2D eigenvalue weighted by molar-refractivity contribution is -0.0226. The van der Waals surface area contributed by atoms with Crippen molar-refractivity contribution in [2.45, 2.75) is 39.2 Å². The SMILES string of the molecule is CN1C[C@]2(C)CC[C@](N)(C1)C2(C)C. The number of piperidine rings is 1. The Kier molecular flexibility index (Phi) is 1.67. The molecular formula is C11H22N2. The van der Waals surface area contributed by atoms with Gasteiger partial charge in [-0.1, -0.05) is 20.8 Å². The summed E-state index contributed by atoms with van der Waals surface area (Å²) in [5.41, 5.74) is 7.29. The summed E-state index contributed by atoms with van der Waals surface area (Å²) in [7, 11) is 2.19. The van der Waals surface area contributed by atoms with E-state index in [0.29, 0.717) is 10.8 Å². The number of hydrogen-bond donors (Lipinski definition) is 1. The van der Waals surface area contributed by atoms with E-state index < -0.39 is 0 Å². The molecule has 0 radical (unpaired) electrons. The van der Waals surface area contributed by atoms with Crippen molar-refractivity contribution >= 4 is 0 Å². The number of nitrogens with two attached hydrogens (primary N) is 1. The molecule has 2 rings (SSSR count). The Labute approximate surface area is 81.5 Å². The second-order valence-electron chi connectivity index (χ2n) is 6.01. The van der Waals surface area contributed by atoms with Gasteiger partial charge in [0.05, 0.1) is 0 Å². The van der Waals surface area contributed by atoms with Gasteiger partial charge in [-0.3, -0.25) is 0 Å². The van der Waals surface area contributed by atoms with E-state index >= 15 is 0 Å². The number of nitrogens with zero attached hydrogens (tertiary/aromatic N) is 1. The normalized spacial score (nSPS) is 49.6. The largest absolute Gasteiger partial charge is 0.324 e. The molecule has 2 aliphatic rings. The first-order valence-electron chi connectivity index (χ1n) is 5.28. The van der Waals surface area contributed by atoms with E-state index in [9.17, 15) is 0 Å². The van der Waals surface area contributed by atoms with Crippen molar-refractivity contribution < 1.29 is 0 Å². The van der Waals surface area contributed by atoms with Crippen LogP contribution < -0.4 is 5.73 Å². The molecule has 0 spiro atoms. The molecule has 0 aromatic rings. The van der Waals surface area contributed by atoms with E-state index in [1.807, 2.05) is 0 Å². The van der Waals surface area contributed by atoms with Crippen molar-refractivity contribution in [3.63, 3.8) is 0 Å². The van der Waals surface area contributed by atoms with Crippen LogP contribution in [-0.2, 0) is 0 Å². The standard InChI is InChI=1S/C11H22N2/c1-9(2)10(3)5-6-11(9,12)8-13(4)7-10/h5-8,12H2,1-4H3/t10-,11-/m0/s1. The van der Waals surface area contributed by atoms with Crippen molar-refractivity contribution in [1.82, 2.24) is 4.90 Å². The van der Waals surface area contributed by atoms with Crippen LogP contribution in [0.25, 0.3) is 0 Å². The minimum Gasteiger partial charge on any atom is -0.324 e. The zero-order chi connectivity index (χ0) is 9.91. The average Bonchev–Trinajstić information content (AvgIpc) is 2.15. The third-order valence-corrected chi connectivity index (χ3v) is 5.05. The minimum atomic E-state index is 0.0503. The van der Waals surface area contributed by atoms with E-state index in [2.05, 4.69) is 32.7 Å². The zero-order valence-electron chi connectivity index (χ0n) is 9.35. The maximum atomic E-state index is 6.51. The fourth-order valence-corrected chi connectivity index (χ4v) is 3.41. The summed E-state index contributed by atoms with van der Waals surface area (Å²) in [5, 5.41) is 0. The van der Waals surface area contributed by atoms with Crippen molar-refractivity contribution in [3.8, 4) is 0 Å². The second kappa shape index (κ2) is 2.29. The summed E-state index contributed by atoms with van der Waals surface area (Å²) in [6.07, 6.45) is 2.49. The third-order valence-electron chi connectivity index (χ3n) is 5.05. The van der Waals surface area contributed by atoms with Crippen LogP contribution in [0.15, 0.2) is 0 Å². The molecule has 2 atom stereocenters. The van der Waals surface area contributed by atoms with Crippen molar-refractivity contribution in [2.75, 3.05) is 20.1 Å². The number of likely N-dealkylation sites (N-methyl/N-ethyl adjacent to an activating group) is 1. The van der Waals surface area contributed by atoms with E-state index in [1.54, 1.807) is 0 Å². The summed E-state index contributed by atoms with van der Waals surface area (Å²) < 4.78 is 0. The van der Waals surface area contributed by atoms with Crippen LogP contribution in [0.5, 0.6) is 0 Å². The molecule has 2 N–H and O–H groups in total. The smallest absolute Gasteiger partial charge is 0.0340 e. The van der Waals surface area contributed by atoms with Crippen LogP contribution in [0.4, 0.5) is 0 Å². The van der Waals surface area contributed by atoms with Gasteiger partial charge in [0, 0.05) is 18.6 Å². The van der Waals surface area contributed by atoms with Gasteiger partial charge in [0.15, 0.2) is 0 Å². The molecule has 2 bridgehead atoms. The highest BCUT2D eigenvalue weighted by atomic mass is 15.2. The second-order valence-corrected chi connectivity index (χ2v) is 6.01. The predicted molar refractivity (Wildman–Crippen MR) is 55.5 cm³/mol. The number of fused-ring (bicyclic) bond motifs is 2. The van der Waals surface area contributed by atoms with Gasteiger partial charge in [-0.05, 0) is 30.7 Å². The lowest BCUT2D eigenvalue weighted by Gasteiger charge is -2.54. The third kappa shape index (κ3) is 0.962. The average molecular weight is 182 g/mol. The quantitative estimate of drug-likeness (QED) is 0.614. The summed E-state index contributed by atoms with van der Waals surface area (Å²) >= 11 is 0. The Morgan fingerprint density at radius 2 is 1.69 bits per heavy atom. The Morgan fingerprint density at radius 3 is 2.23 bits per heavy atom. The first kappa shape index (κ1) is 9.47. The Hall–Kier alpha value is -0.0800. The Balaban J connectivity index is 2.42. The predicted octanol–water partition coefficient (Wildman–Crippen LogP) is 1.46. The zero-order valence-corrected chi connectivity index (χ0v) is 9.35. The number of likely N-dealkylation sites (tertiary alicyclic amines) is 1. The molecule has 1 aliphatic heterocycles. The fraction of sp³-hybridized carbons (Fsp3) is 1.00. The van der Waals surface area contributed by atoms with Crippen LogP contribution in [-0.4, -0.2) is 30.6 Å². The molecule has 2 nitrogen and oxygen atoms in total. The van der Waals surface area contributed by atoms with Gasteiger partial charge in [-0.25, -0.2) is 0 Å². The van der Waals surface area contributed by atoms with Crippen molar-refractivity contribution in [1.29, 1.82) is 0 Å². The molecule has 0 unspecified atom stereocenters. The van der Waals surface area contributed by atoms with E-state index in [4.69, 9.17) is 5.73 Å². The maximum Gasteiger partial charge on any atom is 0.0340 e. The molecule has 1 heterocycles. The molecule has 2 fully saturated rings. The van der Waals surface area contributed by atoms with Crippen LogP contribution in [0, 0.1) is 10.8 Å². The minimum absolute atomic E-state index is 0.0503. The van der Waals surface area contributed by atoms with Crippen molar-refractivity contribution in [3.05, 3.63) is 0 Å². The summed E-state index contributed by atoms with van der Waals surface area (Å²) in [5.74, 6) is 0. The van der Waals surface area contributed by atoms with Crippen LogP contribution in [0.1, 0.15) is 33.6 Å². The summed E-state index contributed by atoms with van der Waals surface area (Å²) in [6.45, 7) is 9.38. The Morgan fingerprint density at radius 1 is 1.08 bits per heavy atom. The van der Waals surface area contributed by atoms with Gasteiger partial charge in [0.25, 0.3) is 0 Å². The maximum absolute atomic E-state index is 6.51. The van der Waals surface area contributed by atoms with Gasteiger partial charge < -0.3 is 10.6 Å². The monoisotopic (exact) mass is 182 g/mol. The molecule has 13 heavy (non-hydrogen) atoms. The van der Waals surface area contributed by atoms with Gasteiger partial charge >= 0.3 is 0 Å². The first-order chi connectivity index (χ1) is 5.81. The lowest BCUT2D eigenvalue weighted by atomic mass is 9.60. The number of rotatable bonds is 0. The molecule has 1 saturated heterocycles. The van der Waals surface area contributed by atoms with Crippen LogP contribution >= 0.6 is 0 Å². The lowest BCUT2D eigenvalue weighted by Crippen LogP contribution is -2.65. The Bertz CT molecular complexity index is 214. The fourth-order valence-electron chi connectivity index (χ4n) is 3.41. The molecule has 1 saturated carbocycles. The molecule has 2 heteroatoms. The van der Waals surface area contributed by atoms with E-state index in [0.717, 1.165) is 6.54 Å². The van der Waals surface area contributed by atoms with E-state index in [-0.39, 0.29) is 5.54 Å². The molecule has 0 aromatic heterocycles. The first-order valence-corrected chi connectivity index (χ1v) is 5.28. The topological polar surface area (TPSA) is 29.3 Å². The highest BCUT2D eigenvalue weighted by Gasteiger charge is 2.61. The van der Waals surface area contributed by atoms with Gasteiger partial charge in [-0.2, -0.15) is 0 Å². The van der Waals surface area contributed by atoms with Gasteiger partial charge in [0.2, 0.25) is 0 Å². The van der Waals surface area contributed by atoms with Gasteiger partial charge in [-0.15, -0.1) is 0 Å². The molecular weight excluding hydrogens is 160 g/mol. The highest BCUT2D eigenvalue weighted by molar-refractivity contribution is 5.16.